The van der Waals surface area contributed by atoms with Crippen molar-refractivity contribution in [3.05, 3.63) is 41.5 Å². The highest BCUT2D eigenvalue weighted by atomic mass is 19.1. The van der Waals surface area contributed by atoms with Crippen LogP contribution >= 0.6 is 0 Å². The lowest BCUT2D eigenvalue weighted by molar-refractivity contribution is 0.280. The molecule has 0 aliphatic carbocycles. The summed E-state index contributed by atoms with van der Waals surface area (Å²) in [7, 11) is 1.39. The third-order valence-corrected chi connectivity index (χ3v) is 2.65. The number of aromatic nitrogens is 1. The number of benzene rings is 1. The van der Waals surface area contributed by atoms with Gasteiger partial charge in [-0.25, -0.2) is 14.6 Å². The summed E-state index contributed by atoms with van der Waals surface area (Å²) in [5, 5.41) is 9.05. The van der Waals surface area contributed by atoms with Gasteiger partial charge >= 0.3 is 0 Å². The van der Waals surface area contributed by atoms with Crippen LogP contribution in [0.25, 0.3) is 0 Å². The van der Waals surface area contributed by atoms with E-state index in [9.17, 15) is 8.78 Å². The highest BCUT2D eigenvalue weighted by molar-refractivity contribution is 5.46. The first kappa shape index (κ1) is 14.9. The minimum absolute atomic E-state index is 0.163. The summed E-state index contributed by atoms with van der Waals surface area (Å²) in [6.07, 6.45) is 0. The number of aliphatic hydroxyl groups excluding tert-OH is 1. The Morgan fingerprint density at radius 2 is 2.00 bits per heavy atom. The Kier molecular flexibility index (Phi) is 4.51. The molecular weight excluding hydrogens is 284 g/mol. The Labute approximate surface area is 119 Å². The van der Waals surface area contributed by atoms with Gasteiger partial charge in [0.05, 0.1) is 13.7 Å². The molecule has 2 aromatic rings. The highest BCUT2D eigenvalue weighted by Gasteiger charge is 2.15. The molecule has 0 radical (unpaired) electrons. The van der Waals surface area contributed by atoms with E-state index in [1.807, 2.05) is 5.43 Å². The number of anilines is 1. The number of nitrogen functional groups attached to an aromatic ring is 1. The zero-order valence-corrected chi connectivity index (χ0v) is 11.1. The lowest BCUT2D eigenvalue weighted by atomic mass is 10.2. The molecule has 0 spiro atoms. The molecule has 6 nitrogen and oxygen atoms in total. The second-order valence-corrected chi connectivity index (χ2v) is 4.00. The molecule has 0 saturated heterocycles. The van der Waals surface area contributed by atoms with E-state index >= 15 is 0 Å². The number of ether oxygens (including phenoxy) is 2. The van der Waals surface area contributed by atoms with E-state index in [0.717, 1.165) is 0 Å². The van der Waals surface area contributed by atoms with Crippen LogP contribution in [-0.2, 0) is 6.61 Å². The van der Waals surface area contributed by atoms with Gasteiger partial charge in [-0.2, -0.15) is 4.98 Å². The van der Waals surface area contributed by atoms with E-state index < -0.39 is 17.5 Å². The molecule has 4 N–H and O–H groups in total. The molecule has 21 heavy (non-hydrogen) atoms. The lowest BCUT2D eigenvalue weighted by Crippen LogP contribution is -2.11. The Hall–Kier alpha value is -2.45. The van der Waals surface area contributed by atoms with Gasteiger partial charge in [0.1, 0.15) is 0 Å². The molecule has 8 heteroatoms. The first-order valence-electron chi connectivity index (χ1n) is 5.87. The summed E-state index contributed by atoms with van der Waals surface area (Å²) in [6.45, 7) is -0.180. The number of hydrazine groups is 1. The number of halogens is 2. The van der Waals surface area contributed by atoms with Crippen LogP contribution in [0, 0.1) is 11.6 Å². The Balaban J connectivity index is 2.38. The predicted octanol–water partition coefficient (Wildman–Crippen LogP) is 1.94. The SMILES string of the molecule is COc1cc(CO)ccc1Oc1nc(NN)c(F)cc1F. The van der Waals surface area contributed by atoms with Crippen molar-refractivity contribution in [2.75, 3.05) is 12.5 Å². The second-order valence-electron chi connectivity index (χ2n) is 4.00. The topological polar surface area (TPSA) is 89.6 Å². The zero-order valence-electron chi connectivity index (χ0n) is 11.1. The molecule has 2 rings (SSSR count). The standard InChI is InChI=1S/C13H13F2N3O3/c1-20-11-4-7(6-19)2-3-10(11)21-13-9(15)5-8(14)12(17-13)18-16/h2-5,19H,6,16H2,1H3,(H,17,18). The van der Waals surface area contributed by atoms with Gasteiger partial charge in [-0.1, -0.05) is 6.07 Å². The molecule has 0 aliphatic heterocycles. The number of hydrogen-bond acceptors (Lipinski definition) is 6. The summed E-state index contributed by atoms with van der Waals surface area (Å²) in [5.41, 5.74) is 2.59. The maximum absolute atomic E-state index is 13.7. The molecule has 0 unspecified atom stereocenters. The Bertz CT molecular complexity index is 653. The quantitative estimate of drug-likeness (QED) is 0.577. The molecule has 0 atom stereocenters. The van der Waals surface area contributed by atoms with Crippen LogP contribution in [0.2, 0.25) is 0 Å². The van der Waals surface area contributed by atoms with E-state index in [0.29, 0.717) is 11.6 Å². The fraction of sp³-hybridized carbons (Fsp3) is 0.154. The molecular formula is C13H13F2N3O3. The second kappa shape index (κ2) is 6.33. The van der Waals surface area contributed by atoms with Crippen molar-refractivity contribution in [1.82, 2.24) is 4.98 Å². The molecule has 1 heterocycles. The predicted molar refractivity (Wildman–Crippen MR) is 71.0 cm³/mol. The molecule has 112 valence electrons. The van der Waals surface area contributed by atoms with Crippen molar-refractivity contribution >= 4 is 5.82 Å². The van der Waals surface area contributed by atoms with Crippen LogP contribution in [0.1, 0.15) is 5.56 Å². The molecule has 1 aromatic heterocycles. The van der Waals surface area contributed by atoms with Gasteiger partial charge in [-0.15, -0.1) is 0 Å². The van der Waals surface area contributed by atoms with Crippen LogP contribution in [0.5, 0.6) is 17.4 Å². The summed E-state index contributed by atoms with van der Waals surface area (Å²) in [6, 6.07) is 5.18. The Morgan fingerprint density at radius 1 is 1.24 bits per heavy atom. The highest BCUT2D eigenvalue weighted by Crippen LogP contribution is 2.33. The van der Waals surface area contributed by atoms with Crippen LogP contribution < -0.4 is 20.7 Å². The van der Waals surface area contributed by atoms with Crippen LogP contribution in [0.3, 0.4) is 0 Å². The van der Waals surface area contributed by atoms with Gasteiger partial charge in [-0.05, 0) is 17.7 Å². The minimum Gasteiger partial charge on any atom is -0.493 e. The lowest BCUT2D eigenvalue weighted by Gasteiger charge is -2.12. The largest absolute Gasteiger partial charge is 0.493 e. The number of nitrogens with two attached hydrogens (primary N) is 1. The van der Waals surface area contributed by atoms with Gasteiger partial charge in [0.25, 0.3) is 5.88 Å². The van der Waals surface area contributed by atoms with E-state index in [1.165, 1.54) is 19.2 Å². The van der Waals surface area contributed by atoms with Crippen molar-refractivity contribution < 1.29 is 23.4 Å². The number of rotatable bonds is 5. The normalized spacial score (nSPS) is 10.3. The summed E-state index contributed by atoms with van der Waals surface area (Å²) in [5.74, 6) is 2.77. The monoisotopic (exact) mass is 297 g/mol. The fourth-order valence-corrected chi connectivity index (χ4v) is 1.62. The van der Waals surface area contributed by atoms with Crippen LogP contribution in [0.4, 0.5) is 14.6 Å². The van der Waals surface area contributed by atoms with Crippen LogP contribution in [0.15, 0.2) is 24.3 Å². The summed E-state index contributed by atoms with van der Waals surface area (Å²) in [4.78, 5) is 3.59. The fourth-order valence-electron chi connectivity index (χ4n) is 1.62. The molecule has 1 aromatic carbocycles. The summed E-state index contributed by atoms with van der Waals surface area (Å²) < 4.78 is 37.3. The first-order chi connectivity index (χ1) is 10.1. The Morgan fingerprint density at radius 3 is 2.62 bits per heavy atom. The molecule has 0 fully saturated rings. The molecule has 0 bridgehead atoms. The van der Waals surface area contributed by atoms with Crippen LogP contribution in [-0.4, -0.2) is 17.2 Å². The van der Waals surface area contributed by atoms with Crippen molar-refractivity contribution in [3.8, 4) is 17.4 Å². The number of nitrogens with zero attached hydrogens (tertiary/aromatic N) is 1. The maximum atomic E-state index is 13.7. The van der Waals surface area contributed by atoms with E-state index in [-0.39, 0.29) is 23.9 Å². The van der Waals surface area contributed by atoms with E-state index in [4.69, 9.17) is 20.4 Å². The van der Waals surface area contributed by atoms with Crippen molar-refractivity contribution in [3.63, 3.8) is 0 Å². The van der Waals surface area contributed by atoms with Gasteiger partial charge in [0.15, 0.2) is 29.0 Å². The zero-order chi connectivity index (χ0) is 15.4. The number of nitrogens with one attached hydrogen (secondary N) is 1. The number of aliphatic hydroxyl groups is 1. The van der Waals surface area contributed by atoms with Gasteiger partial charge in [-0.3, -0.25) is 0 Å². The van der Waals surface area contributed by atoms with Crippen molar-refractivity contribution in [2.45, 2.75) is 6.61 Å². The third kappa shape index (κ3) is 3.18. The van der Waals surface area contributed by atoms with Gasteiger partial charge < -0.3 is 20.0 Å². The van der Waals surface area contributed by atoms with Crippen molar-refractivity contribution in [1.29, 1.82) is 0 Å². The van der Waals surface area contributed by atoms with E-state index in [2.05, 4.69) is 4.98 Å². The smallest absolute Gasteiger partial charge is 0.258 e. The average Bonchev–Trinajstić information content (AvgIpc) is 2.50. The van der Waals surface area contributed by atoms with Gasteiger partial charge in [0.2, 0.25) is 0 Å². The molecule has 0 saturated carbocycles. The van der Waals surface area contributed by atoms with E-state index in [1.54, 1.807) is 6.07 Å². The average molecular weight is 297 g/mol. The third-order valence-electron chi connectivity index (χ3n) is 2.65. The summed E-state index contributed by atoms with van der Waals surface area (Å²) >= 11 is 0. The van der Waals surface area contributed by atoms with Crippen molar-refractivity contribution in [2.24, 2.45) is 5.84 Å². The maximum Gasteiger partial charge on any atom is 0.258 e. The molecule has 0 aliphatic rings. The molecule has 0 amide bonds. The first-order valence-corrected chi connectivity index (χ1v) is 5.87. The number of methoxy groups -OCH3 is 1. The number of hydrogen-bond donors (Lipinski definition) is 3. The number of pyridine rings is 1. The minimum atomic E-state index is -0.986. The van der Waals surface area contributed by atoms with Gasteiger partial charge in [0, 0.05) is 6.07 Å².